The number of fused-ring (bicyclic) bond motifs is 1. The molecule has 0 saturated heterocycles. The minimum absolute atomic E-state index is 0.00976. The van der Waals surface area contributed by atoms with Gasteiger partial charge in [-0.3, -0.25) is 0 Å². The normalized spacial score (nSPS) is 11.8. The number of halogens is 1. The number of H-pyrrole nitrogens is 1. The van der Waals surface area contributed by atoms with Crippen molar-refractivity contribution in [3.63, 3.8) is 0 Å². The minimum Gasteiger partial charge on any atom is -0.354 e. The van der Waals surface area contributed by atoms with E-state index in [2.05, 4.69) is 11.1 Å². The fraction of sp³-hybridized carbons (Fsp3) is 0. The van der Waals surface area contributed by atoms with Gasteiger partial charge in [-0.1, -0.05) is 41.9 Å². The molecule has 1 heterocycles. The van der Waals surface area contributed by atoms with Crippen LogP contribution in [0.4, 0.5) is 0 Å². The minimum atomic E-state index is -4.04. The largest absolute Gasteiger partial charge is 0.354 e. The van der Waals surface area contributed by atoms with Gasteiger partial charge < -0.3 is 4.98 Å². The fourth-order valence-corrected chi connectivity index (χ4v) is 4.56. The highest BCUT2D eigenvalue weighted by molar-refractivity contribution is 7.95. The highest BCUT2D eigenvalue weighted by atomic mass is 35.5. The van der Waals surface area contributed by atoms with E-state index in [1.165, 1.54) is 30.3 Å². The molecule has 1 aromatic heterocycles. The smallest absolute Gasteiger partial charge is 0.216 e. The monoisotopic (exact) mass is 443 g/mol. The molecule has 4 aromatic rings. The van der Waals surface area contributed by atoms with Crippen LogP contribution in [0.15, 0.2) is 82.6 Å². The number of benzene rings is 3. The summed E-state index contributed by atoms with van der Waals surface area (Å²) in [6.07, 6.45) is 1.39. The van der Waals surface area contributed by atoms with Crippen LogP contribution in [-0.2, 0) is 9.84 Å². The van der Waals surface area contributed by atoms with E-state index >= 15 is 0 Å². The van der Waals surface area contributed by atoms with Gasteiger partial charge in [0.2, 0.25) is 9.84 Å². The summed E-state index contributed by atoms with van der Waals surface area (Å²) in [5, 5.41) is 19.9. The van der Waals surface area contributed by atoms with Crippen LogP contribution >= 0.6 is 11.6 Å². The van der Waals surface area contributed by atoms with E-state index in [9.17, 15) is 13.7 Å². The number of hydrogen-bond acceptors (Lipinski definition) is 4. The third-order valence-corrected chi connectivity index (χ3v) is 6.78. The summed E-state index contributed by atoms with van der Waals surface area (Å²) in [5.74, 6) is 0. The second-order valence-electron chi connectivity index (χ2n) is 6.73. The van der Waals surface area contributed by atoms with Crippen molar-refractivity contribution >= 4 is 38.4 Å². The average molecular weight is 444 g/mol. The van der Waals surface area contributed by atoms with Crippen LogP contribution in [0.2, 0.25) is 5.02 Å². The van der Waals surface area contributed by atoms with Gasteiger partial charge in [0.15, 0.2) is 0 Å². The van der Waals surface area contributed by atoms with Crippen molar-refractivity contribution in [1.29, 1.82) is 10.5 Å². The quantitative estimate of drug-likeness (QED) is 0.409. The Bertz CT molecular complexity index is 1500. The molecule has 0 fully saturated rings. The second-order valence-corrected chi connectivity index (χ2v) is 9.08. The summed E-state index contributed by atoms with van der Waals surface area (Å²) in [4.78, 5) is 2.91. The van der Waals surface area contributed by atoms with E-state index in [0.717, 1.165) is 16.5 Å². The summed E-state index contributed by atoms with van der Waals surface area (Å²) in [5.41, 5.74) is 3.32. The van der Waals surface area contributed by atoms with Crippen molar-refractivity contribution in [3.8, 4) is 23.4 Å². The zero-order valence-corrected chi connectivity index (χ0v) is 17.6. The number of rotatable bonds is 4. The summed E-state index contributed by atoms with van der Waals surface area (Å²) in [7, 11) is -4.04. The van der Waals surface area contributed by atoms with Crippen LogP contribution in [0.5, 0.6) is 0 Å². The van der Waals surface area contributed by atoms with Crippen LogP contribution in [-0.4, -0.2) is 13.4 Å². The van der Waals surface area contributed by atoms with E-state index in [0.29, 0.717) is 21.8 Å². The zero-order valence-electron chi connectivity index (χ0n) is 16.0. The zero-order chi connectivity index (χ0) is 22.0. The van der Waals surface area contributed by atoms with Gasteiger partial charge in [0, 0.05) is 21.5 Å². The summed E-state index contributed by atoms with van der Waals surface area (Å²) in [6.45, 7) is 0. The Labute approximate surface area is 184 Å². The number of hydrogen-bond donors (Lipinski definition) is 1. The Kier molecular flexibility index (Phi) is 5.35. The first-order valence-corrected chi connectivity index (χ1v) is 11.0. The molecule has 0 saturated carbocycles. The predicted octanol–water partition coefficient (Wildman–Crippen LogP) is 5.70. The number of allylic oxidation sites excluding steroid dienone is 1. The number of para-hydroxylation sites is 1. The van der Waals surface area contributed by atoms with Crippen molar-refractivity contribution in [1.82, 2.24) is 4.98 Å². The molecule has 0 unspecified atom stereocenters. The first-order chi connectivity index (χ1) is 14.9. The van der Waals surface area contributed by atoms with Crippen LogP contribution in [0, 0.1) is 22.7 Å². The van der Waals surface area contributed by atoms with E-state index in [1.807, 2.05) is 30.3 Å². The SMILES string of the molecule is N#CC(=Cc1c(-c2ccc(C#N)cc2)[nH]c2ccccc12)S(=O)(=O)c1ccc(Cl)cc1. The van der Waals surface area contributed by atoms with Gasteiger partial charge in [-0.05, 0) is 54.1 Å². The maximum Gasteiger partial charge on any atom is 0.216 e. The van der Waals surface area contributed by atoms with Gasteiger partial charge in [-0.2, -0.15) is 10.5 Å². The molecule has 3 aromatic carbocycles. The van der Waals surface area contributed by atoms with Gasteiger partial charge >= 0.3 is 0 Å². The molecular formula is C24H14ClN3O2S. The number of nitriles is 2. The first kappa shape index (κ1) is 20.4. The summed E-state index contributed by atoms with van der Waals surface area (Å²) < 4.78 is 26.2. The molecule has 150 valence electrons. The average Bonchev–Trinajstić information content (AvgIpc) is 3.16. The molecule has 0 amide bonds. The van der Waals surface area contributed by atoms with Gasteiger partial charge in [-0.25, -0.2) is 8.42 Å². The third kappa shape index (κ3) is 3.83. The van der Waals surface area contributed by atoms with E-state index in [1.54, 1.807) is 24.3 Å². The molecule has 7 heteroatoms. The Morgan fingerprint density at radius 3 is 2.26 bits per heavy atom. The Balaban J connectivity index is 1.93. The third-order valence-electron chi connectivity index (χ3n) is 4.85. The van der Waals surface area contributed by atoms with Crippen molar-refractivity contribution in [2.24, 2.45) is 0 Å². The highest BCUT2D eigenvalue weighted by Crippen LogP contribution is 2.34. The number of nitrogens with one attached hydrogen (secondary N) is 1. The predicted molar refractivity (Wildman–Crippen MR) is 121 cm³/mol. The first-order valence-electron chi connectivity index (χ1n) is 9.18. The van der Waals surface area contributed by atoms with Gasteiger partial charge in [0.05, 0.1) is 22.2 Å². The molecule has 0 aliphatic rings. The Morgan fingerprint density at radius 1 is 0.935 bits per heavy atom. The second kappa shape index (κ2) is 8.12. The lowest BCUT2D eigenvalue weighted by Gasteiger charge is -2.05. The Hall–Kier alpha value is -3.84. The molecule has 0 bridgehead atoms. The highest BCUT2D eigenvalue weighted by Gasteiger charge is 2.22. The maximum atomic E-state index is 13.1. The molecule has 4 rings (SSSR count). The van der Waals surface area contributed by atoms with E-state index in [-0.39, 0.29) is 9.80 Å². The standard InChI is InChI=1S/C24H14ClN3O2S/c25-18-9-11-19(12-10-18)31(29,30)20(15-27)13-22-21-3-1-2-4-23(21)28-24(22)17-7-5-16(14-26)6-8-17/h1-13,28H. The van der Waals surface area contributed by atoms with Crippen molar-refractivity contribution in [3.05, 3.63) is 93.9 Å². The lowest BCUT2D eigenvalue weighted by molar-refractivity contribution is 0.603. The lowest BCUT2D eigenvalue weighted by atomic mass is 10.0. The molecule has 1 N–H and O–H groups in total. The van der Waals surface area contributed by atoms with Crippen LogP contribution in [0.25, 0.3) is 28.2 Å². The van der Waals surface area contributed by atoms with Crippen molar-refractivity contribution in [2.45, 2.75) is 4.90 Å². The molecule has 31 heavy (non-hydrogen) atoms. The molecule has 0 radical (unpaired) electrons. The molecule has 0 atom stereocenters. The van der Waals surface area contributed by atoms with E-state index < -0.39 is 9.84 Å². The number of aromatic nitrogens is 1. The summed E-state index contributed by atoms with van der Waals surface area (Å²) >= 11 is 5.87. The van der Waals surface area contributed by atoms with Crippen molar-refractivity contribution in [2.75, 3.05) is 0 Å². The molecule has 0 aliphatic heterocycles. The fourth-order valence-electron chi connectivity index (χ4n) is 3.29. The molecule has 0 aliphatic carbocycles. The molecular weight excluding hydrogens is 430 g/mol. The molecule has 5 nitrogen and oxygen atoms in total. The lowest BCUT2D eigenvalue weighted by Crippen LogP contribution is -2.03. The van der Waals surface area contributed by atoms with Crippen LogP contribution in [0.3, 0.4) is 0 Å². The van der Waals surface area contributed by atoms with Gasteiger partial charge in [0.1, 0.15) is 11.0 Å². The van der Waals surface area contributed by atoms with Crippen LogP contribution in [0.1, 0.15) is 11.1 Å². The number of nitrogens with zero attached hydrogens (tertiary/aromatic N) is 2. The number of aromatic amines is 1. The van der Waals surface area contributed by atoms with Crippen LogP contribution < -0.4 is 0 Å². The van der Waals surface area contributed by atoms with E-state index in [4.69, 9.17) is 16.9 Å². The molecule has 0 spiro atoms. The van der Waals surface area contributed by atoms with Gasteiger partial charge in [-0.15, -0.1) is 0 Å². The van der Waals surface area contributed by atoms with Gasteiger partial charge in [0.25, 0.3) is 0 Å². The Morgan fingerprint density at radius 2 is 1.61 bits per heavy atom. The maximum absolute atomic E-state index is 13.1. The number of sulfone groups is 1. The topological polar surface area (TPSA) is 97.5 Å². The summed E-state index contributed by atoms with van der Waals surface area (Å²) in [6, 6.07) is 24.0. The van der Waals surface area contributed by atoms with Crippen molar-refractivity contribution < 1.29 is 8.42 Å².